The number of likely N-dealkylation sites (N-methyl/N-ethyl adjacent to an activating group) is 1. The Morgan fingerprint density at radius 3 is 2.46 bits per heavy atom. The SMILES string of the molecule is COC(=O)c1ccc(N=C2SC(=Cc3cn(Cc4ccccc4)c4ccccc34)C(=O)N2C)cc1. The second-order valence-corrected chi connectivity index (χ2v) is 9.13. The van der Waals surface area contributed by atoms with Crippen LogP contribution >= 0.6 is 11.8 Å². The van der Waals surface area contributed by atoms with E-state index in [1.807, 2.05) is 36.4 Å². The van der Waals surface area contributed by atoms with E-state index >= 15 is 0 Å². The van der Waals surface area contributed by atoms with Crippen molar-refractivity contribution in [1.29, 1.82) is 0 Å². The molecule has 35 heavy (non-hydrogen) atoms. The first-order valence-corrected chi connectivity index (χ1v) is 11.9. The van der Waals surface area contributed by atoms with E-state index in [4.69, 9.17) is 4.74 Å². The number of hydrogen-bond donors (Lipinski definition) is 0. The summed E-state index contributed by atoms with van der Waals surface area (Å²) in [6.45, 7) is 0.750. The van der Waals surface area contributed by atoms with E-state index < -0.39 is 5.97 Å². The molecule has 1 amide bonds. The molecule has 0 unspecified atom stereocenters. The van der Waals surface area contributed by atoms with E-state index in [9.17, 15) is 9.59 Å². The van der Waals surface area contributed by atoms with Gasteiger partial charge in [0.2, 0.25) is 0 Å². The van der Waals surface area contributed by atoms with Crippen LogP contribution in [0.4, 0.5) is 5.69 Å². The maximum atomic E-state index is 13.0. The molecule has 1 fully saturated rings. The minimum Gasteiger partial charge on any atom is -0.465 e. The lowest BCUT2D eigenvalue weighted by molar-refractivity contribution is -0.121. The van der Waals surface area contributed by atoms with Gasteiger partial charge in [0.05, 0.1) is 23.3 Å². The Kier molecular flexibility index (Phi) is 6.25. The van der Waals surface area contributed by atoms with E-state index in [0.717, 1.165) is 23.0 Å². The molecule has 1 aliphatic rings. The standard InChI is InChI=1S/C28H23N3O3S/c1-30-26(32)25(35-28(30)29-22-14-12-20(13-15-22)27(33)34-2)16-21-18-31(17-19-8-4-3-5-9-19)24-11-7-6-10-23(21)24/h3-16,18H,17H2,1-2H3. The van der Waals surface area contributed by atoms with Gasteiger partial charge in [-0.05, 0) is 53.7 Å². The number of carbonyl (C=O) groups excluding carboxylic acids is 2. The van der Waals surface area contributed by atoms with Gasteiger partial charge in [0.1, 0.15) is 0 Å². The summed E-state index contributed by atoms with van der Waals surface area (Å²) in [6, 6.07) is 25.3. The van der Waals surface area contributed by atoms with Gasteiger partial charge in [-0.1, -0.05) is 48.5 Å². The van der Waals surface area contributed by atoms with Gasteiger partial charge < -0.3 is 9.30 Å². The van der Waals surface area contributed by atoms with Crippen molar-refractivity contribution < 1.29 is 14.3 Å². The number of amidine groups is 1. The molecule has 0 radical (unpaired) electrons. The Balaban J connectivity index is 1.45. The van der Waals surface area contributed by atoms with Gasteiger partial charge in [-0.3, -0.25) is 9.69 Å². The lowest BCUT2D eigenvalue weighted by atomic mass is 10.1. The fraction of sp³-hybridized carbons (Fsp3) is 0.107. The van der Waals surface area contributed by atoms with Crippen molar-refractivity contribution >= 4 is 51.5 Å². The van der Waals surface area contributed by atoms with Gasteiger partial charge in [-0.2, -0.15) is 0 Å². The number of nitrogens with zero attached hydrogens (tertiary/aromatic N) is 3. The number of aromatic nitrogens is 1. The van der Waals surface area contributed by atoms with Gasteiger partial charge in [0.15, 0.2) is 5.17 Å². The summed E-state index contributed by atoms with van der Waals surface area (Å²) in [5.74, 6) is -0.497. The van der Waals surface area contributed by atoms with Crippen molar-refractivity contribution in [3.63, 3.8) is 0 Å². The molecule has 1 aromatic heterocycles. The normalized spacial score (nSPS) is 15.9. The van der Waals surface area contributed by atoms with Gasteiger partial charge >= 0.3 is 5.97 Å². The number of ether oxygens (including phenoxy) is 1. The van der Waals surface area contributed by atoms with E-state index in [2.05, 4.69) is 40.0 Å². The Hall–Kier alpha value is -4.10. The van der Waals surface area contributed by atoms with E-state index in [1.54, 1.807) is 36.2 Å². The number of para-hydroxylation sites is 1. The van der Waals surface area contributed by atoms with Crippen LogP contribution < -0.4 is 0 Å². The molecular formula is C28H23N3O3S. The zero-order valence-electron chi connectivity index (χ0n) is 19.3. The third kappa shape index (κ3) is 4.63. The van der Waals surface area contributed by atoms with E-state index in [-0.39, 0.29) is 5.91 Å². The van der Waals surface area contributed by atoms with Crippen LogP contribution in [0.15, 0.2) is 95.0 Å². The molecule has 7 heteroatoms. The summed E-state index contributed by atoms with van der Waals surface area (Å²) in [6.07, 6.45) is 4.04. The molecule has 1 aliphatic heterocycles. The predicted octanol–water partition coefficient (Wildman–Crippen LogP) is 5.71. The fourth-order valence-corrected chi connectivity index (χ4v) is 4.97. The zero-order valence-corrected chi connectivity index (χ0v) is 20.2. The molecule has 0 N–H and O–H groups in total. The van der Waals surface area contributed by atoms with Gasteiger partial charge in [0.25, 0.3) is 5.91 Å². The Morgan fingerprint density at radius 1 is 1.00 bits per heavy atom. The van der Waals surface area contributed by atoms with Crippen LogP contribution in [0.2, 0.25) is 0 Å². The predicted molar refractivity (Wildman–Crippen MR) is 141 cm³/mol. The molecule has 1 saturated heterocycles. The maximum absolute atomic E-state index is 13.0. The zero-order chi connectivity index (χ0) is 24.4. The first kappa shape index (κ1) is 22.7. The molecule has 4 aromatic rings. The Morgan fingerprint density at radius 2 is 1.71 bits per heavy atom. The summed E-state index contributed by atoms with van der Waals surface area (Å²) in [5, 5.41) is 1.68. The second-order valence-electron chi connectivity index (χ2n) is 8.12. The quantitative estimate of drug-likeness (QED) is 0.271. The molecule has 5 rings (SSSR count). The van der Waals surface area contributed by atoms with Crippen LogP contribution in [-0.4, -0.2) is 40.7 Å². The third-order valence-corrected chi connectivity index (χ3v) is 6.88. The summed E-state index contributed by atoms with van der Waals surface area (Å²) in [4.78, 5) is 31.4. The van der Waals surface area contributed by atoms with Crippen LogP contribution in [0.25, 0.3) is 17.0 Å². The number of rotatable bonds is 5. The molecule has 174 valence electrons. The number of esters is 1. The number of amides is 1. The number of thioether (sulfide) groups is 1. The molecule has 0 aliphatic carbocycles. The van der Waals surface area contributed by atoms with Crippen molar-refractivity contribution in [1.82, 2.24) is 9.47 Å². The van der Waals surface area contributed by atoms with Crippen LogP contribution in [0.1, 0.15) is 21.5 Å². The summed E-state index contributed by atoms with van der Waals surface area (Å²) < 4.78 is 6.95. The van der Waals surface area contributed by atoms with Gasteiger partial charge in [-0.25, -0.2) is 9.79 Å². The molecule has 0 saturated carbocycles. The fourth-order valence-electron chi connectivity index (χ4n) is 3.99. The number of fused-ring (bicyclic) bond motifs is 1. The molecule has 0 bridgehead atoms. The van der Waals surface area contributed by atoms with E-state index in [1.165, 1.54) is 24.4 Å². The largest absolute Gasteiger partial charge is 0.465 e. The molecule has 2 heterocycles. The summed E-state index contributed by atoms with van der Waals surface area (Å²) in [5.41, 5.74) is 4.43. The first-order chi connectivity index (χ1) is 17.0. The number of methoxy groups -OCH3 is 1. The van der Waals surface area contributed by atoms with Crippen LogP contribution in [0, 0.1) is 0 Å². The molecule has 0 spiro atoms. The third-order valence-electron chi connectivity index (χ3n) is 5.82. The highest BCUT2D eigenvalue weighted by molar-refractivity contribution is 8.18. The molecule has 6 nitrogen and oxygen atoms in total. The van der Waals surface area contributed by atoms with Gasteiger partial charge in [0, 0.05) is 36.3 Å². The first-order valence-electron chi connectivity index (χ1n) is 11.1. The minimum absolute atomic E-state index is 0.0974. The lowest BCUT2D eigenvalue weighted by Crippen LogP contribution is -2.23. The van der Waals surface area contributed by atoms with Crippen molar-refractivity contribution in [3.8, 4) is 0 Å². The highest BCUT2D eigenvalue weighted by atomic mass is 32.2. The van der Waals surface area contributed by atoms with Gasteiger partial charge in [-0.15, -0.1) is 0 Å². The van der Waals surface area contributed by atoms with E-state index in [0.29, 0.717) is 21.3 Å². The van der Waals surface area contributed by atoms with Crippen LogP contribution in [0.3, 0.4) is 0 Å². The Labute approximate surface area is 207 Å². The van der Waals surface area contributed by atoms with Crippen molar-refractivity contribution in [2.24, 2.45) is 4.99 Å². The minimum atomic E-state index is -0.400. The molecular weight excluding hydrogens is 458 g/mol. The van der Waals surface area contributed by atoms with Crippen molar-refractivity contribution in [2.75, 3.05) is 14.2 Å². The number of hydrogen-bond acceptors (Lipinski definition) is 5. The number of benzene rings is 3. The maximum Gasteiger partial charge on any atom is 0.337 e. The highest BCUT2D eigenvalue weighted by Gasteiger charge is 2.30. The average Bonchev–Trinajstić information content (AvgIpc) is 3.37. The smallest absolute Gasteiger partial charge is 0.337 e. The van der Waals surface area contributed by atoms with Crippen LogP contribution in [0.5, 0.6) is 0 Å². The highest BCUT2D eigenvalue weighted by Crippen LogP contribution is 2.35. The topological polar surface area (TPSA) is 63.9 Å². The molecule has 0 atom stereocenters. The second kappa shape index (κ2) is 9.64. The molecule has 3 aromatic carbocycles. The van der Waals surface area contributed by atoms with Crippen molar-refractivity contribution in [3.05, 3.63) is 107 Å². The monoisotopic (exact) mass is 481 g/mol. The van der Waals surface area contributed by atoms with Crippen molar-refractivity contribution in [2.45, 2.75) is 6.54 Å². The number of carbonyl (C=O) groups is 2. The lowest BCUT2D eigenvalue weighted by Gasteiger charge is -2.07. The van der Waals surface area contributed by atoms with Crippen LogP contribution in [-0.2, 0) is 16.1 Å². The summed E-state index contributed by atoms with van der Waals surface area (Å²) >= 11 is 1.34. The average molecular weight is 482 g/mol. The number of aliphatic imine (C=N–C) groups is 1. The Bertz CT molecular complexity index is 1470. The summed E-state index contributed by atoms with van der Waals surface area (Å²) in [7, 11) is 3.07.